The van der Waals surface area contributed by atoms with E-state index in [4.69, 9.17) is 4.74 Å². The molecule has 0 aromatic carbocycles. The highest BCUT2D eigenvalue weighted by Crippen LogP contribution is 2.28. The summed E-state index contributed by atoms with van der Waals surface area (Å²) in [4.78, 5) is 1.77. The van der Waals surface area contributed by atoms with Crippen molar-refractivity contribution < 1.29 is 17.9 Å². The van der Waals surface area contributed by atoms with E-state index in [2.05, 4.69) is 0 Å². The quantitative estimate of drug-likeness (QED) is 0.731. The maximum absolute atomic E-state index is 12.6. The smallest absolute Gasteiger partial charge is 0.362 e. The number of hydrogen-bond acceptors (Lipinski definition) is 2. The maximum atomic E-state index is 12.6. The summed E-state index contributed by atoms with van der Waals surface area (Å²) >= 11 is 0. The molecule has 1 fully saturated rings. The molecule has 2 nitrogen and oxygen atoms in total. The van der Waals surface area contributed by atoms with Crippen molar-refractivity contribution in [2.75, 3.05) is 19.6 Å². The van der Waals surface area contributed by atoms with Gasteiger partial charge in [0.1, 0.15) is 0 Å². The molecule has 1 atom stereocenters. The number of nitrogens with zero attached hydrogens (tertiary/aromatic N) is 1. The average molecular weight is 225 g/mol. The van der Waals surface area contributed by atoms with Crippen molar-refractivity contribution in [3.05, 3.63) is 0 Å². The highest BCUT2D eigenvalue weighted by molar-refractivity contribution is 4.80. The summed E-state index contributed by atoms with van der Waals surface area (Å²) in [5.41, 5.74) is -0.759. The van der Waals surface area contributed by atoms with E-state index in [-0.39, 0.29) is 6.54 Å². The standard InChI is InChI=1S/C10H18F3NO/c1-9(2,3)15-8(10(11,12)13)7-14-5-4-6-14/h8H,4-7H2,1-3H3/t8-/m1/s1. The van der Waals surface area contributed by atoms with E-state index in [9.17, 15) is 13.2 Å². The largest absolute Gasteiger partial charge is 0.415 e. The van der Waals surface area contributed by atoms with Gasteiger partial charge in [0.05, 0.1) is 5.60 Å². The van der Waals surface area contributed by atoms with Crippen LogP contribution in [-0.4, -0.2) is 42.4 Å². The van der Waals surface area contributed by atoms with Gasteiger partial charge in [0.15, 0.2) is 6.10 Å². The molecule has 0 amide bonds. The first kappa shape index (κ1) is 12.8. The fraction of sp³-hybridized carbons (Fsp3) is 1.00. The average Bonchev–Trinajstić information content (AvgIpc) is 1.89. The SMILES string of the molecule is CC(C)(C)O[C@H](CN1CCC1)C(F)(F)F. The van der Waals surface area contributed by atoms with Crippen LogP contribution in [0.1, 0.15) is 27.2 Å². The second kappa shape index (κ2) is 4.29. The van der Waals surface area contributed by atoms with Crippen LogP contribution in [0.5, 0.6) is 0 Å². The molecule has 0 aromatic heterocycles. The normalized spacial score (nSPS) is 21.2. The number of halogens is 3. The van der Waals surface area contributed by atoms with Gasteiger partial charge in [-0.1, -0.05) is 0 Å². The molecule has 1 aliphatic rings. The van der Waals surface area contributed by atoms with Crippen molar-refractivity contribution in [1.82, 2.24) is 4.90 Å². The minimum absolute atomic E-state index is 0.0409. The zero-order valence-electron chi connectivity index (χ0n) is 9.40. The van der Waals surface area contributed by atoms with Crippen molar-refractivity contribution >= 4 is 0 Å². The Morgan fingerprint density at radius 3 is 2.00 bits per heavy atom. The molecule has 1 aliphatic heterocycles. The van der Waals surface area contributed by atoms with Crippen LogP contribution in [0.2, 0.25) is 0 Å². The number of ether oxygens (including phenoxy) is 1. The lowest BCUT2D eigenvalue weighted by Gasteiger charge is -2.37. The highest BCUT2D eigenvalue weighted by Gasteiger charge is 2.44. The minimum Gasteiger partial charge on any atom is -0.362 e. The molecule has 90 valence electrons. The van der Waals surface area contributed by atoms with Crippen LogP contribution >= 0.6 is 0 Å². The van der Waals surface area contributed by atoms with Crippen molar-refractivity contribution in [2.24, 2.45) is 0 Å². The zero-order chi connectivity index (χ0) is 11.7. The van der Waals surface area contributed by atoms with Gasteiger partial charge in [-0.2, -0.15) is 13.2 Å². The summed E-state index contributed by atoms with van der Waals surface area (Å²) in [7, 11) is 0. The molecule has 1 saturated heterocycles. The minimum atomic E-state index is -4.27. The van der Waals surface area contributed by atoms with Gasteiger partial charge in [-0.25, -0.2) is 0 Å². The number of likely N-dealkylation sites (tertiary alicyclic amines) is 1. The van der Waals surface area contributed by atoms with E-state index in [0.717, 1.165) is 19.5 Å². The number of hydrogen-bond donors (Lipinski definition) is 0. The fourth-order valence-corrected chi connectivity index (χ4v) is 1.43. The van der Waals surface area contributed by atoms with Crippen molar-refractivity contribution in [3.8, 4) is 0 Å². The molecule has 0 spiro atoms. The summed E-state index contributed by atoms with van der Waals surface area (Å²) in [6.07, 6.45) is -4.96. The van der Waals surface area contributed by atoms with Gasteiger partial charge in [-0.3, -0.25) is 0 Å². The second-order valence-electron chi connectivity index (χ2n) is 4.91. The molecule has 0 saturated carbocycles. The van der Waals surface area contributed by atoms with Crippen LogP contribution in [0.3, 0.4) is 0 Å². The molecule has 0 aliphatic carbocycles. The molecule has 5 heteroatoms. The van der Waals surface area contributed by atoms with E-state index >= 15 is 0 Å². The van der Waals surface area contributed by atoms with Gasteiger partial charge >= 0.3 is 6.18 Å². The van der Waals surface area contributed by atoms with Gasteiger partial charge in [0.25, 0.3) is 0 Å². The van der Waals surface area contributed by atoms with E-state index in [1.165, 1.54) is 0 Å². The Hall–Kier alpha value is -0.290. The van der Waals surface area contributed by atoms with Crippen LogP contribution in [-0.2, 0) is 4.74 Å². The van der Waals surface area contributed by atoms with Crippen molar-refractivity contribution in [1.29, 1.82) is 0 Å². The van der Waals surface area contributed by atoms with Crippen LogP contribution in [0, 0.1) is 0 Å². The van der Waals surface area contributed by atoms with Crippen LogP contribution in [0.25, 0.3) is 0 Å². The third-order valence-electron chi connectivity index (χ3n) is 2.23. The molecular formula is C10H18F3NO. The van der Waals surface area contributed by atoms with Crippen LogP contribution in [0.15, 0.2) is 0 Å². The number of alkyl halides is 3. The fourth-order valence-electron chi connectivity index (χ4n) is 1.43. The number of rotatable bonds is 3. The summed E-state index contributed by atoms with van der Waals surface area (Å²) in [5.74, 6) is 0. The first-order chi connectivity index (χ1) is 6.68. The van der Waals surface area contributed by atoms with E-state index in [0.29, 0.717) is 0 Å². The third kappa shape index (κ3) is 4.38. The van der Waals surface area contributed by atoms with Gasteiger partial charge in [0, 0.05) is 6.54 Å². The Morgan fingerprint density at radius 1 is 1.20 bits per heavy atom. The Balaban J connectivity index is 2.52. The monoisotopic (exact) mass is 225 g/mol. The first-order valence-electron chi connectivity index (χ1n) is 5.15. The van der Waals surface area contributed by atoms with Crippen molar-refractivity contribution in [2.45, 2.75) is 45.1 Å². The van der Waals surface area contributed by atoms with Crippen LogP contribution < -0.4 is 0 Å². The van der Waals surface area contributed by atoms with E-state index < -0.39 is 17.9 Å². The van der Waals surface area contributed by atoms with E-state index in [1.807, 2.05) is 0 Å². The highest BCUT2D eigenvalue weighted by atomic mass is 19.4. The molecular weight excluding hydrogens is 207 g/mol. The predicted molar refractivity (Wildman–Crippen MR) is 51.7 cm³/mol. The maximum Gasteiger partial charge on any atom is 0.415 e. The molecule has 15 heavy (non-hydrogen) atoms. The second-order valence-corrected chi connectivity index (χ2v) is 4.91. The lowest BCUT2D eigenvalue weighted by molar-refractivity contribution is -0.251. The van der Waals surface area contributed by atoms with Gasteiger partial charge in [-0.05, 0) is 40.3 Å². The topological polar surface area (TPSA) is 12.5 Å². The van der Waals surface area contributed by atoms with Crippen LogP contribution in [0.4, 0.5) is 13.2 Å². The Bertz CT molecular complexity index is 206. The molecule has 0 aromatic rings. The summed E-state index contributed by atoms with van der Waals surface area (Å²) < 4.78 is 42.9. The first-order valence-corrected chi connectivity index (χ1v) is 5.15. The Morgan fingerprint density at radius 2 is 1.73 bits per heavy atom. The molecule has 1 heterocycles. The summed E-state index contributed by atoms with van der Waals surface area (Å²) in [6.45, 7) is 6.38. The lowest BCUT2D eigenvalue weighted by atomic mass is 10.1. The zero-order valence-corrected chi connectivity index (χ0v) is 9.40. The molecule has 0 N–H and O–H groups in total. The lowest BCUT2D eigenvalue weighted by Crippen LogP contribution is -2.50. The molecule has 0 radical (unpaired) electrons. The third-order valence-corrected chi connectivity index (χ3v) is 2.23. The van der Waals surface area contributed by atoms with E-state index in [1.54, 1.807) is 25.7 Å². The molecule has 0 bridgehead atoms. The Kier molecular flexibility index (Phi) is 3.66. The molecule has 0 unspecified atom stereocenters. The van der Waals surface area contributed by atoms with Gasteiger partial charge < -0.3 is 9.64 Å². The Labute approximate surface area is 88.4 Å². The summed E-state index contributed by atoms with van der Waals surface area (Å²) in [5, 5.41) is 0. The van der Waals surface area contributed by atoms with Crippen molar-refractivity contribution in [3.63, 3.8) is 0 Å². The molecule has 1 rings (SSSR count). The van der Waals surface area contributed by atoms with Gasteiger partial charge in [0.2, 0.25) is 0 Å². The summed E-state index contributed by atoms with van der Waals surface area (Å²) in [6, 6.07) is 0. The van der Waals surface area contributed by atoms with Gasteiger partial charge in [-0.15, -0.1) is 0 Å². The predicted octanol–water partition coefficient (Wildman–Crippen LogP) is 2.44.